The van der Waals surface area contributed by atoms with Crippen LogP contribution in [0.25, 0.3) is 10.8 Å². The Morgan fingerprint density at radius 2 is 1.43 bits per heavy atom. The minimum atomic E-state index is -0.608. The van der Waals surface area contributed by atoms with Crippen LogP contribution in [0.2, 0.25) is 0 Å². The van der Waals surface area contributed by atoms with Crippen LogP contribution in [0.15, 0.2) is 71.5 Å². The van der Waals surface area contributed by atoms with E-state index in [2.05, 4.69) is 25.3 Å². The van der Waals surface area contributed by atoms with Crippen molar-refractivity contribution in [2.45, 2.75) is 103 Å². The fourth-order valence-corrected chi connectivity index (χ4v) is 11.7. The summed E-state index contributed by atoms with van der Waals surface area (Å²) in [5, 5.41) is 11.2. The highest BCUT2D eigenvalue weighted by atomic mass is 19.1. The molecule has 17 heteroatoms. The molecule has 5 fully saturated rings. The zero-order valence-corrected chi connectivity index (χ0v) is 43.5. The number of piperidine rings is 2. The van der Waals surface area contributed by atoms with Crippen LogP contribution in [-0.2, 0) is 20.7 Å². The molecule has 396 valence electrons. The standard InChI is InChI=1S/C57H74FN9O7/c1-57(2,3)74-56(73)67-22-10-15-44(37-67)42-13-9-14-43(35-42)52(69)59-51(41-11-5-4-6-12-41)55(72)65-23-20-39(21-24-65)36-62-25-27-63(28-26-62)38-50(68)64-29-31-66(32-30-64)54(71)47-33-40(18-19-48(47)58)34-49-45-16-7-8-17-46(45)53(70)61-60-49/h7-9,13-14,16-19,33,35,39,41,44,51H,4-6,10-12,15,20-32,34,36-38H2,1-3H3,(H,59,69)(H,61,70)/t44?,51-/m1/s1. The zero-order valence-electron chi connectivity index (χ0n) is 43.5. The first-order valence-electron chi connectivity index (χ1n) is 27.1. The fourth-order valence-electron chi connectivity index (χ4n) is 11.7. The van der Waals surface area contributed by atoms with Gasteiger partial charge in [-0.15, -0.1) is 0 Å². The SMILES string of the molecule is CC(C)(C)OC(=O)N1CCCC(c2cccc(C(=O)N[C@@H](C(=O)N3CCC(CN4CCN(CC(=O)N5CCN(C(=O)c6cc(Cc7n[nH]c(=O)c8ccccc78)ccc6F)CC5)CC4)CC3)C3CCCCC3)c2)C1. The van der Waals surface area contributed by atoms with Crippen LogP contribution < -0.4 is 10.9 Å². The number of halogens is 1. The van der Waals surface area contributed by atoms with Gasteiger partial charge in [-0.25, -0.2) is 14.3 Å². The van der Waals surface area contributed by atoms with Crippen molar-refractivity contribution in [1.29, 1.82) is 0 Å². The summed E-state index contributed by atoms with van der Waals surface area (Å²) in [6.07, 6.45) is 8.66. The molecule has 1 saturated carbocycles. The Balaban J connectivity index is 0.707. The smallest absolute Gasteiger partial charge is 0.410 e. The third kappa shape index (κ3) is 13.0. The van der Waals surface area contributed by atoms with E-state index in [9.17, 15) is 28.8 Å². The van der Waals surface area contributed by atoms with Gasteiger partial charge >= 0.3 is 6.09 Å². The number of piperazine rings is 2. The predicted octanol–water partition coefficient (Wildman–Crippen LogP) is 6.29. The molecule has 1 unspecified atom stereocenters. The van der Waals surface area contributed by atoms with E-state index in [1.807, 2.05) is 62.1 Å². The summed E-state index contributed by atoms with van der Waals surface area (Å²) in [6, 6.07) is 18.8. The van der Waals surface area contributed by atoms with Crippen molar-refractivity contribution in [3.8, 4) is 0 Å². The van der Waals surface area contributed by atoms with Crippen molar-refractivity contribution >= 4 is 40.5 Å². The first kappa shape index (κ1) is 52.7. The number of nitrogens with one attached hydrogen (secondary N) is 2. The molecule has 0 spiro atoms. The summed E-state index contributed by atoms with van der Waals surface area (Å²) in [7, 11) is 0. The number of carbonyl (C=O) groups is 5. The minimum Gasteiger partial charge on any atom is -0.444 e. The van der Waals surface area contributed by atoms with E-state index in [4.69, 9.17) is 4.74 Å². The molecule has 16 nitrogen and oxygen atoms in total. The van der Waals surface area contributed by atoms with Crippen LogP contribution in [-0.4, -0.2) is 173 Å². The maximum atomic E-state index is 15.1. The number of aromatic nitrogens is 2. The number of likely N-dealkylation sites (tertiary alicyclic amines) is 2. The molecule has 4 aromatic rings. The highest BCUT2D eigenvalue weighted by Gasteiger charge is 2.37. The molecule has 74 heavy (non-hydrogen) atoms. The second kappa shape index (κ2) is 23.6. The topological polar surface area (TPSA) is 172 Å². The lowest BCUT2D eigenvalue weighted by atomic mass is 9.82. The number of amides is 5. The second-order valence-corrected chi connectivity index (χ2v) is 22.3. The largest absolute Gasteiger partial charge is 0.444 e. The minimum absolute atomic E-state index is 0.0253. The number of carbonyl (C=O) groups excluding carboxylic acids is 5. The average molecular weight is 1020 g/mol. The van der Waals surface area contributed by atoms with E-state index < -0.39 is 23.4 Å². The van der Waals surface area contributed by atoms with Crippen LogP contribution >= 0.6 is 0 Å². The highest BCUT2D eigenvalue weighted by molar-refractivity contribution is 5.98. The summed E-state index contributed by atoms with van der Waals surface area (Å²) < 4.78 is 20.8. The van der Waals surface area contributed by atoms with E-state index in [-0.39, 0.29) is 46.8 Å². The van der Waals surface area contributed by atoms with Crippen LogP contribution in [0.5, 0.6) is 0 Å². The van der Waals surface area contributed by atoms with Gasteiger partial charge in [-0.05, 0) is 113 Å². The third-order valence-electron chi connectivity index (χ3n) is 16.0. The Hall–Kier alpha value is -6.20. The maximum Gasteiger partial charge on any atom is 0.410 e. The number of hydrogen-bond acceptors (Lipinski definition) is 10. The Kier molecular flexibility index (Phi) is 16.8. The van der Waals surface area contributed by atoms with Crippen molar-refractivity contribution < 1.29 is 33.1 Å². The van der Waals surface area contributed by atoms with Gasteiger partial charge in [0.2, 0.25) is 11.8 Å². The van der Waals surface area contributed by atoms with Crippen LogP contribution in [0, 0.1) is 17.7 Å². The number of H-pyrrole nitrogens is 1. The first-order valence-corrected chi connectivity index (χ1v) is 27.1. The zero-order chi connectivity index (χ0) is 51.9. The van der Waals surface area contributed by atoms with Crippen molar-refractivity contribution in [2.75, 3.05) is 91.6 Å². The second-order valence-electron chi connectivity index (χ2n) is 22.3. The quantitative estimate of drug-likeness (QED) is 0.165. The lowest BCUT2D eigenvalue weighted by Gasteiger charge is -2.41. The lowest BCUT2D eigenvalue weighted by molar-refractivity contribution is -0.137. The number of nitrogens with zero attached hydrogens (tertiary/aromatic N) is 7. The van der Waals surface area contributed by atoms with Crippen molar-refractivity contribution in [3.05, 3.63) is 111 Å². The van der Waals surface area contributed by atoms with Gasteiger partial charge in [-0.3, -0.25) is 28.9 Å². The Morgan fingerprint density at radius 1 is 0.730 bits per heavy atom. The van der Waals surface area contributed by atoms with Gasteiger partial charge in [-0.2, -0.15) is 5.10 Å². The molecule has 2 atom stereocenters. The van der Waals surface area contributed by atoms with E-state index >= 15 is 4.39 Å². The van der Waals surface area contributed by atoms with Crippen molar-refractivity contribution in [2.24, 2.45) is 11.8 Å². The number of benzene rings is 3. The fraction of sp³-hybridized carbons (Fsp3) is 0.561. The molecular weight excluding hydrogens is 942 g/mol. The molecule has 5 heterocycles. The number of hydrogen-bond donors (Lipinski definition) is 2. The lowest BCUT2D eigenvalue weighted by Crippen LogP contribution is -2.55. The number of rotatable bonds is 12. The van der Waals surface area contributed by atoms with Crippen LogP contribution in [0.1, 0.15) is 122 Å². The monoisotopic (exact) mass is 1020 g/mol. The summed E-state index contributed by atoms with van der Waals surface area (Å²) in [5.74, 6) is -0.564. The molecule has 2 N–H and O–H groups in total. The predicted molar refractivity (Wildman–Crippen MR) is 280 cm³/mol. The van der Waals surface area contributed by atoms with Gasteiger partial charge in [0, 0.05) is 108 Å². The van der Waals surface area contributed by atoms with Gasteiger partial charge in [0.15, 0.2) is 0 Å². The molecule has 1 aromatic heterocycles. The molecule has 5 aliphatic rings. The average Bonchev–Trinajstić information content (AvgIpc) is 3.41. The molecule has 4 aliphatic heterocycles. The number of ether oxygens (including phenoxy) is 1. The highest BCUT2D eigenvalue weighted by Crippen LogP contribution is 2.31. The number of aromatic amines is 1. The van der Waals surface area contributed by atoms with E-state index in [0.29, 0.717) is 98.8 Å². The summed E-state index contributed by atoms with van der Waals surface area (Å²) in [4.78, 5) is 92.6. The van der Waals surface area contributed by atoms with Crippen LogP contribution in [0.3, 0.4) is 0 Å². The van der Waals surface area contributed by atoms with Crippen molar-refractivity contribution in [1.82, 2.24) is 44.9 Å². The molecule has 0 bridgehead atoms. The molecule has 3 aromatic carbocycles. The van der Waals surface area contributed by atoms with Gasteiger partial charge in [-0.1, -0.05) is 55.7 Å². The molecule has 4 saturated heterocycles. The molecule has 9 rings (SSSR count). The maximum absolute atomic E-state index is 15.1. The van der Waals surface area contributed by atoms with Gasteiger partial charge < -0.3 is 34.6 Å². The van der Waals surface area contributed by atoms with E-state index in [0.717, 1.165) is 96.1 Å². The normalized spacial score (nSPS) is 20.4. The van der Waals surface area contributed by atoms with Gasteiger partial charge in [0.1, 0.15) is 17.5 Å². The van der Waals surface area contributed by atoms with Crippen molar-refractivity contribution in [3.63, 3.8) is 0 Å². The van der Waals surface area contributed by atoms with Crippen LogP contribution in [0.4, 0.5) is 9.18 Å². The summed E-state index contributed by atoms with van der Waals surface area (Å²) in [5.41, 5.74) is 1.98. The Bertz CT molecular complexity index is 2710. The summed E-state index contributed by atoms with van der Waals surface area (Å²) >= 11 is 0. The van der Waals surface area contributed by atoms with E-state index in [1.54, 1.807) is 39.0 Å². The molecule has 1 aliphatic carbocycles. The summed E-state index contributed by atoms with van der Waals surface area (Å²) in [6.45, 7) is 14.0. The molecule has 0 radical (unpaired) electrons. The van der Waals surface area contributed by atoms with E-state index in [1.165, 1.54) is 6.07 Å². The third-order valence-corrected chi connectivity index (χ3v) is 16.0. The molecular formula is C57H74FN9O7. The molecule has 5 amide bonds. The number of fused-ring (bicyclic) bond motifs is 1. The first-order chi connectivity index (χ1) is 35.7. The van der Waals surface area contributed by atoms with Gasteiger partial charge in [0.25, 0.3) is 17.4 Å². The Morgan fingerprint density at radius 3 is 2.16 bits per heavy atom. The van der Waals surface area contributed by atoms with Gasteiger partial charge in [0.05, 0.1) is 23.2 Å². The Labute approximate surface area is 433 Å².